The number of alkyl halides is 6. The lowest BCUT2D eigenvalue weighted by Gasteiger charge is -2.33. The van der Waals surface area contributed by atoms with E-state index in [2.05, 4.69) is 4.98 Å². The second-order valence-corrected chi connectivity index (χ2v) is 12.3. The van der Waals surface area contributed by atoms with E-state index in [-0.39, 0.29) is 30.0 Å². The molecule has 2 atom stereocenters. The minimum Gasteiger partial charge on any atom is -0.507 e. The monoisotopic (exact) mass is 664 g/mol. The lowest BCUT2D eigenvalue weighted by atomic mass is 9.71. The van der Waals surface area contributed by atoms with Crippen molar-refractivity contribution < 1.29 is 50.9 Å². The summed E-state index contributed by atoms with van der Waals surface area (Å²) in [6.45, 7) is 4.28. The number of rotatable bonds is 7. The number of aryl methyl sites for hydroxylation is 1. The van der Waals surface area contributed by atoms with Crippen molar-refractivity contribution in [3.8, 4) is 16.9 Å². The van der Waals surface area contributed by atoms with Crippen LogP contribution in [-0.2, 0) is 28.4 Å². The maximum absolute atomic E-state index is 13.6. The Labute approximate surface area is 264 Å². The zero-order valence-corrected chi connectivity index (χ0v) is 25.2. The molecule has 1 saturated carbocycles. The van der Waals surface area contributed by atoms with E-state index in [9.17, 15) is 46.1 Å². The second kappa shape index (κ2) is 11.6. The van der Waals surface area contributed by atoms with Crippen LogP contribution in [0.15, 0.2) is 36.4 Å². The van der Waals surface area contributed by atoms with Crippen LogP contribution in [0, 0.1) is 12.8 Å². The molecule has 3 aromatic rings. The Bertz CT molecular complexity index is 1700. The molecule has 2 aromatic carbocycles. The molecule has 15 heteroatoms. The Kier molecular flexibility index (Phi) is 7.99. The molecular weight excluding hydrogens is 634 g/mol. The molecule has 250 valence electrons. The molecule has 0 bridgehead atoms. The highest BCUT2D eigenvalue weighted by Crippen LogP contribution is 2.46. The smallest absolute Gasteiger partial charge is 0.416 e. The fraction of sp³-hybridized carbons (Fsp3) is 0.438. The topological polar surface area (TPSA) is 116 Å². The van der Waals surface area contributed by atoms with E-state index in [1.165, 1.54) is 17.9 Å². The first-order chi connectivity index (χ1) is 22.0. The van der Waals surface area contributed by atoms with Gasteiger partial charge in [-0.15, -0.1) is 0 Å². The average molecular weight is 665 g/mol. The summed E-state index contributed by atoms with van der Waals surface area (Å²) in [6.07, 6.45) is -10.8. The van der Waals surface area contributed by atoms with Crippen molar-refractivity contribution in [2.75, 3.05) is 18.0 Å². The fourth-order valence-electron chi connectivity index (χ4n) is 6.30. The number of aliphatic carboxylic acids is 1. The number of aromatic nitrogens is 2. The van der Waals surface area contributed by atoms with E-state index in [0.717, 1.165) is 12.0 Å². The molecule has 0 spiro atoms. The highest BCUT2D eigenvalue weighted by atomic mass is 19.4. The molecule has 9 nitrogen and oxygen atoms in total. The highest BCUT2D eigenvalue weighted by Gasteiger charge is 2.44. The second-order valence-electron chi connectivity index (χ2n) is 12.3. The lowest BCUT2D eigenvalue weighted by Crippen LogP contribution is -2.39. The van der Waals surface area contributed by atoms with Gasteiger partial charge in [-0.05, 0) is 80.5 Å². The third kappa shape index (κ3) is 6.14. The number of phenolic OH excluding ortho intramolecular Hbond substituents is 1. The Morgan fingerprint density at radius 1 is 0.979 bits per heavy atom. The first kappa shape index (κ1) is 32.4. The van der Waals surface area contributed by atoms with E-state index in [1.54, 1.807) is 19.1 Å². The Morgan fingerprint density at radius 2 is 1.62 bits per heavy atom. The van der Waals surface area contributed by atoms with Crippen molar-refractivity contribution in [2.45, 2.75) is 70.1 Å². The van der Waals surface area contributed by atoms with Crippen LogP contribution in [0.3, 0.4) is 0 Å². The van der Waals surface area contributed by atoms with Crippen molar-refractivity contribution in [2.24, 2.45) is 5.92 Å². The summed E-state index contributed by atoms with van der Waals surface area (Å²) in [4.78, 5) is 37.0. The molecule has 2 aliphatic heterocycles. The van der Waals surface area contributed by atoms with E-state index in [4.69, 9.17) is 9.72 Å². The molecule has 0 radical (unpaired) electrons. The first-order valence-electron chi connectivity index (χ1n) is 15.0. The number of hydrogen-bond donors (Lipinski definition) is 2. The Hall–Kier alpha value is -4.56. The molecule has 3 aliphatic rings. The quantitative estimate of drug-likeness (QED) is 0.258. The minimum absolute atomic E-state index is 0.0159. The number of nitrogens with zero attached hydrogens (tertiary/aromatic N) is 4. The number of anilines is 1. The van der Waals surface area contributed by atoms with Crippen molar-refractivity contribution in [1.82, 2.24) is 14.9 Å². The van der Waals surface area contributed by atoms with Gasteiger partial charge in [-0.2, -0.15) is 26.3 Å². The fourth-order valence-corrected chi connectivity index (χ4v) is 6.30. The average Bonchev–Trinajstić information content (AvgIpc) is 3.19. The number of cyclic esters (lactones) is 1. The number of carbonyl (C=O) groups excluding carboxylic acids is 1. The number of halogens is 6. The lowest BCUT2D eigenvalue weighted by molar-refractivity contribution is -0.145. The van der Waals surface area contributed by atoms with Gasteiger partial charge < -0.3 is 19.8 Å². The first-order valence-corrected chi connectivity index (χ1v) is 15.0. The van der Waals surface area contributed by atoms with E-state index in [1.807, 2.05) is 4.90 Å². The molecule has 2 N–H and O–H groups in total. The standard InChI is InChI=1S/C32H30F6N4O5/c1-15-26(23-12-17(4-5-25(23)43)18-8-20(9-18)28(44)45)24(40-29(39-15)41-6-3-7-41)14-42-16(2)27(47-30(42)46)19-10-21(31(33,34)35)13-22(11-19)32(36,37)38/h4-5,10-13,16,18,20,27,43H,3,6-9,14H2,1-2H3,(H,44,45)/t16-,18?,20?,27-/m0/s1. The van der Waals surface area contributed by atoms with Gasteiger partial charge in [0.2, 0.25) is 5.95 Å². The van der Waals surface area contributed by atoms with Gasteiger partial charge in [0.1, 0.15) is 11.9 Å². The zero-order valence-electron chi connectivity index (χ0n) is 25.2. The van der Waals surface area contributed by atoms with E-state index in [0.29, 0.717) is 60.8 Å². The van der Waals surface area contributed by atoms with Crippen LogP contribution in [0.5, 0.6) is 5.75 Å². The minimum atomic E-state index is -5.08. The summed E-state index contributed by atoms with van der Waals surface area (Å²) >= 11 is 0. The van der Waals surface area contributed by atoms with Crippen LogP contribution in [0.4, 0.5) is 37.1 Å². The van der Waals surface area contributed by atoms with Crippen molar-refractivity contribution >= 4 is 18.0 Å². The third-order valence-electron chi connectivity index (χ3n) is 9.19. The Morgan fingerprint density at radius 3 is 2.17 bits per heavy atom. The summed E-state index contributed by atoms with van der Waals surface area (Å²) in [5, 5.41) is 20.3. The van der Waals surface area contributed by atoms with Gasteiger partial charge in [-0.3, -0.25) is 9.69 Å². The number of phenols is 1. The normalized spacial score (nSPS) is 22.9. The summed E-state index contributed by atoms with van der Waals surface area (Å²) in [6, 6.07) is 5.03. The van der Waals surface area contributed by atoms with Crippen LogP contribution in [0.25, 0.3) is 11.1 Å². The van der Waals surface area contributed by atoms with Crippen molar-refractivity contribution in [3.63, 3.8) is 0 Å². The number of hydrogen-bond acceptors (Lipinski definition) is 7. The number of carboxylic acids is 1. The summed E-state index contributed by atoms with van der Waals surface area (Å²) in [7, 11) is 0. The number of carbonyl (C=O) groups is 2. The van der Waals surface area contributed by atoms with Gasteiger partial charge in [-0.1, -0.05) is 6.07 Å². The van der Waals surface area contributed by atoms with Gasteiger partial charge in [0.15, 0.2) is 0 Å². The maximum atomic E-state index is 13.6. The SMILES string of the molecule is Cc1nc(N2CCC2)nc(CN2C(=O)O[C@H](c3cc(C(F)(F)F)cc(C(F)(F)F)c3)[C@@H]2C)c1-c1cc(C2CC(C(=O)O)C2)ccc1O. The molecule has 1 amide bonds. The molecular formula is C32H30F6N4O5. The molecule has 6 rings (SSSR count). The molecule has 3 heterocycles. The zero-order chi connectivity index (χ0) is 34.0. The Balaban J connectivity index is 1.37. The van der Waals surface area contributed by atoms with Crippen LogP contribution in [0.2, 0.25) is 0 Å². The van der Waals surface area contributed by atoms with Gasteiger partial charge in [0, 0.05) is 24.2 Å². The molecule has 1 aliphatic carbocycles. The van der Waals surface area contributed by atoms with E-state index < -0.39 is 59.2 Å². The van der Waals surface area contributed by atoms with Gasteiger partial charge >= 0.3 is 24.4 Å². The van der Waals surface area contributed by atoms with Crippen LogP contribution < -0.4 is 4.90 Å². The number of amides is 1. The van der Waals surface area contributed by atoms with Gasteiger partial charge in [0.05, 0.1) is 41.0 Å². The molecule has 3 fully saturated rings. The molecule has 2 saturated heterocycles. The number of carboxylic acid groups (broad SMARTS) is 1. The van der Waals surface area contributed by atoms with Crippen LogP contribution in [0.1, 0.15) is 71.8 Å². The summed E-state index contributed by atoms with van der Waals surface area (Å²) < 4.78 is 86.9. The number of benzene rings is 2. The summed E-state index contributed by atoms with van der Waals surface area (Å²) in [5.74, 6) is -1.14. The van der Waals surface area contributed by atoms with Crippen LogP contribution in [-0.4, -0.2) is 56.3 Å². The van der Waals surface area contributed by atoms with Gasteiger partial charge in [0.25, 0.3) is 0 Å². The maximum Gasteiger partial charge on any atom is 0.416 e. The number of ether oxygens (including phenoxy) is 1. The van der Waals surface area contributed by atoms with Crippen molar-refractivity contribution in [1.29, 1.82) is 0 Å². The molecule has 0 unspecified atom stereocenters. The van der Waals surface area contributed by atoms with E-state index >= 15 is 0 Å². The van der Waals surface area contributed by atoms with Crippen molar-refractivity contribution in [3.05, 3.63) is 70.0 Å². The largest absolute Gasteiger partial charge is 0.507 e. The third-order valence-corrected chi connectivity index (χ3v) is 9.19. The summed E-state index contributed by atoms with van der Waals surface area (Å²) in [5.41, 5.74) is -1.22. The molecule has 1 aromatic heterocycles. The predicted octanol–water partition coefficient (Wildman–Crippen LogP) is 7.07. The predicted molar refractivity (Wildman–Crippen MR) is 154 cm³/mol. The number of aromatic hydroxyl groups is 1. The molecule has 47 heavy (non-hydrogen) atoms. The van der Waals surface area contributed by atoms with Gasteiger partial charge in [-0.25, -0.2) is 14.8 Å². The highest BCUT2D eigenvalue weighted by molar-refractivity contribution is 5.77. The van der Waals surface area contributed by atoms with Crippen LogP contribution >= 0.6 is 0 Å².